The molecular formula is C47H75N5O11. The lowest BCUT2D eigenvalue weighted by atomic mass is 9.33. The van der Waals surface area contributed by atoms with Crippen molar-refractivity contribution in [2.75, 3.05) is 20.3 Å². The Morgan fingerprint density at radius 2 is 1.68 bits per heavy atom. The number of hydrogen-bond acceptors (Lipinski definition) is 13. The van der Waals surface area contributed by atoms with Crippen molar-refractivity contribution in [3.8, 4) is 0 Å². The number of hydrogen-bond donors (Lipinski definition) is 7. The highest BCUT2D eigenvalue weighted by Crippen LogP contribution is 2.75. The van der Waals surface area contributed by atoms with Crippen LogP contribution in [0.25, 0.3) is 0 Å². The molecule has 63 heavy (non-hydrogen) atoms. The Labute approximate surface area is 372 Å². The minimum atomic E-state index is -2.23. The van der Waals surface area contributed by atoms with Crippen molar-refractivity contribution in [3.63, 3.8) is 0 Å². The van der Waals surface area contributed by atoms with Crippen LogP contribution in [0.4, 0.5) is 0 Å². The average molecular weight is 886 g/mol. The third kappa shape index (κ3) is 7.98. The van der Waals surface area contributed by atoms with E-state index < -0.39 is 66.6 Å². The Balaban J connectivity index is 1.04. The van der Waals surface area contributed by atoms with E-state index >= 15 is 0 Å². The second kappa shape index (κ2) is 17.0. The molecule has 7 rings (SSSR count). The third-order valence-electron chi connectivity index (χ3n) is 18.1. The molecule has 5 fully saturated rings. The lowest BCUT2D eigenvalue weighted by Gasteiger charge is -2.71. The van der Waals surface area contributed by atoms with E-state index in [1.165, 1.54) is 17.2 Å². The SMILES string of the molecule is COC(=O)[C@@]1(OCCn2cc(CNC(=O)[C@]34CCC(C)(C)C[C@@H]3C3=CC[C@@H]5[C@@]6(C)CC[C@H](O)C(C)(C)[C@@H]6CC[C@@]5(C)[C@]3(C)CC4)nn2)C[C@H](O)[C@@H](NC(C)=O)[C@H]([C@H](O)[C@H](O)CO)O1. The zero-order chi connectivity index (χ0) is 46.1. The molecule has 4 saturated carbocycles. The number of methoxy groups -OCH3 is 1. The Morgan fingerprint density at radius 3 is 2.37 bits per heavy atom. The van der Waals surface area contributed by atoms with Crippen molar-refractivity contribution in [1.82, 2.24) is 25.6 Å². The highest BCUT2D eigenvalue weighted by atomic mass is 16.7. The van der Waals surface area contributed by atoms with Crippen molar-refractivity contribution in [1.29, 1.82) is 0 Å². The van der Waals surface area contributed by atoms with Crippen molar-refractivity contribution in [2.24, 2.45) is 50.2 Å². The van der Waals surface area contributed by atoms with Gasteiger partial charge in [0.15, 0.2) is 0 Å². The average Bonchev–Trinajstić information content (AvgIpc) is 3.68. The molecule has 0 radical (unpaired) electrons. The number of fused-ring (bicyclic) bond motifs is 7. The van der Waals surface area contributed by atoms with Crippen molar-refractivity contribution >= 4 is 17.8 Å². The minimum absolute atomic E-state index is 0.0293. The molecule has 5 aliphatic carbocycles. The molecule has 1 aliphatic heterocycles. The summed E-state index contributed by atoms with van der Waals surface area (Å²) >= 11 is 0. The van der Waals surface area contributed by atoms with Gasteiger partial charge in [-0.1, -0.05) is 65.3 Å². The zero-order valence-corrected chi connectivity index (χ0v) is 39.0. The molecule has 1 saturated heterocycles. The number of allylic oxidation sites excluding steroid dienone is 2. The molecule has 0 bridgehead atoms. The molecule has 354 valence electrons. The zero-order valence-electron chi connectivity index (χ0n) is 39.0. The van der Waals surface area contributed by atoms with Gasteiger partial charge in [-0.05, 0) is 109 Å². The Kier molecular flexibility index (Phi) is 13.0. The molecule has 7 N–H and O–H groups in total. The Morgan fingerprint density at radius 1 is 0.968 bits per heavy atom. The van der Waals surface area contributed by atoms with Crippen LogP contribution in [-0.2, 0) is 41.7 Å². The van der Waals surface area contributed by atoms with Gasteiger partial charge in [-0.15, -0.1) is 5.10 Å². The second-order valence-corrected chi connectivity index (χ2v) is 22.3. The maximum absolute atomic E-state index is 14.8. The maximum atomic E-state index is 14.8. The van der Waals surface area contributed by atoms with Gasteiger partial charge in [0, 0.05) is 13.3 Å². The largest absolute Gasteiger partial charge is 0.465 e. The lowest BCUT2D eigenvalue weighted by Crippen LogP contribution is -2.68. The van der Waals surface area contributed by atoms with Gasteiger partial charge in [0.05, 0.1) is 63.3 Å². The van der Waals surface area contributed by atoms with Gasteiger partial charge < -0.3 is 50.4 Å². The minimum Gasteiger partial charge on any atom is -0.465 e. The summed E-state index contributed by atoms with van der Waals surface area (Å²) in [6.45, 7) is 17.3. The summed E-state index contributed by atoms with van der Waals surface area (Å²) in [5.74, 6) is -2.63. The molecule has 0 unspecified atom stereocenters. The summed E-state index contributed by atoms with van der Waals surface area (Å²) < 4.78 is 18.3. The smallest absolute Gasteiger partial charge is 0.366 e. The molecular weight excluding hydrogens is 811 g/mol. The number of rotatable bonds is 12. The highest BCUT2D eigenvalue weighted by molar-refractivity contribution is 5.84. The number of aliphatic hydroxyl groups is 5. The van der Waals surface area contributed by atoms with Gasteiger partial charge in [0.2, 0.25) is 11.8 Å². The lowest BCUT2D eigenvalue weighted by molar-refractivity contribution is -0.312. The molecule has 6 aliphatic rings. The monoisotopic (exact) mass is 886 g/mol. The van der Waals surface area contributed by atoms with E-state index in [1.807, 2.05) is 0 Å². The highest BCUT2D eigenvalue weighted by Gasteiger charge is 2.69. The number of nitrogens with zero attached hydrogens (tertiary/aromatic N) is 3. The first-order valence-electron chi connectivity index (χ1n) is 23.3. The van der Waals surface area contributed by atoms with E-state index in [4.69, 9.17) is 14.2 Å². The van der Waals surface area contributed by atoms with Crippen LogP contribution in [0.1, 0.15) is 132 Å². The van der Waals surface area contributed by atoms with E-state index in [0.717, 1.165) is 71.3 Å². The first kappa shape index (κ1) is 48.0. The number of carbonyl (C=O) groups excluding carboxylic acids is 3. The molecule has 1 aromatic rings. The number of ether oxygens (including phenoxy) is 3. The first-order chi connectivity index (χ1) is 29.4. The fraction of sp³-hybridized carbons (Fsp3) is 0.851. The van der Waals surface area contributed by atoms with Crippen LogP contribution in [0.5, 0.6) is 0 Å². The normalized spacial score (nSPS) is 41.3. The Hall–Kier alpha value is -2.99. The van der Waals surface area contributed by atoms with E-state index in [2.05, 4.69) is 75.5 Å². The molecule has 2 heterocycles. The van der Waals surface area contributed by atoms with Crippen LogP contribution in [0, 0.1) is 50.2 Å². The number of aromatic nitrogens is 3. The summed E-state index contributed by atoms with van der Waals surface area (Å²) in [5.41, 5.74) is 1.70. The van der Waals surface area contributed by atoms with Crippen molar-refractivity contribution in [2.45, 2.75) is 181 Å². The third-order valence-corrected chi connectivity index (χ3v) is 18.1. The number of carbonyl (C=O) groups is 3. The molecule has 1 aromatic heterocycles. The van der Waals surface area contributed by atoms with Crippen LogP contribution in [0.3, 0.4) is 0 Å². The van der Waals surface area contributed by atoms with E-state index in [9.17, 15) is 39.9 Å². The van der Waals surface area contributed by atoms with E-state index in [0.29, 0.717) is 17.5 Å². The first-order valence-corrected chi connectivity index (χ1v) is 23.3. The van der Waals surface area contributed by atoms with Gasteiger partial charge >= 0.3 is 5.97 Å². The van der Waals surface area contributed by atoms with Crippen LogP contribution < -0.4 is 10.6 Å². The summed E-state index contributed by atoms with van der Waals surface area (Å²) in [4.78, 5) is 39.9. The van der Waals surface area contributed by atoms with Crippen LogP contribution >= 0.6 is 0 Å². The molecule has 2 amide bonds. The fourth-order valence-corrected chi connectivity index (χ4v) is 14.2. The molecule has 0 aromatic carbocycles. The molecule has 14 atom stereocenters. The quantitative estimate of drug-likeness (QED) is 0.118. The topological polar surface area (TPSA) is 235 Å². The summed E-state index contributed by atoms with van der Waals surface area (Å²) in [6.07, 6.45) is 6.66. The number of amides is 2. The number of esters is 1. The molecule has 16 nitrogen and oxygen atoms in total. The van der Waals surface area contributed by atoms with Gasteiger partial charge in [-0.25, -0.2) is 9.48 Å². The number of aliphatic hydroxyl groups excluding tert-OH is 5. The van der Waals surface area contributed by atoms with Gasteiger partial charge in [-0.3, -0.25) is 9.59 Å². The molecule has 16 heteroatoms. The van der Waals surface area contributed by atoms with Crippen LogP contribution in [0.15, 0.2) is 17.8 Å². The summed E-state index contributed by atoms with van der Waals surface area (Å²) in [6, 6.07) is -1.24. The van der Waals surface area contributed by atoms with E-state index in [1.54, 1.807) is 6.20 Å². The van der Waals surface area contributed by atoms with E-state index in [-0.39, 0.29) is 64.7 Å². The van der Waals surface area contributed by atoms with Crippen molar-refractivity contribution < 1.29 is 54.1 Å². The fourth-order valence-electron chi connectivity index (χ4n) is 14.2. The molecule has 0 spiro atoms. The standard InChI is InChI=1S/C47H75N5O11/c1-27(54)49-36-31(55)23-47(40(60)61-9,63-38(36)37(58)32(56)26-53)62-21-20-52-25-28(50-51-52)24-48-39(59)46-18-16-41(2,3)22-30(46)29-10-11-34-43(6)14-13-35(57)42(4,5)33(43)12-15-45(34,8)44(29,7)17-19-46/h10,25,30-38,53,55-58H,11-24,26H2,1-9H3,(H,48,59)(H,49,54)/t30-,31+,32-,33+,34-,35+,36-,37-,38-,43+,44-,45-,46+,47-/m1/s1. The van der Waals surface area contributed by atoms with Gasteiger partial charge in [0.25, 0.3) is 5.79 Å². The summed E-state index contributed by atoms with van der Waals surface area (Å²) in [7, 11) is 1.11. The van der Waals surface area contributed by atoms with Crippen LogP contribution in [0.2, 0.25) is 0 Å². The maximum Gasteiger partial charge on any atom is 0.366 e. The second-order valence-electron chi connectivity index (χ2n) is 22.3. The predicted octanol–water partition coefficient (Wildman–Crippen LogP) is 3.31. The summed E-state index contributed by atoms with van der Waals surface area (Å²) in [5, 5.41) is 67.0. The van der Waals surface area contributed by atoms with Crippen molar-refractivity contribution in [3.05, 3.63) is 23.5 Å². The Bertz CT molecular complexity index is 1920. The number of nitrogens with one attached hydrogen (secondary N) is 2. The van der Waals surface area contributed by atoms with Gasteiger partial charge in [-0.2, -0.15) is 0 Å². The van der Waals surface area contributed by atoms with Gasteiger partial charge in [0.1, 0.15) is 24.0 Å². The van der Waals surface area contributed by atoms with Crippen LogP contribution in [-0.4, -0.2) is 121 Å². The predicted molar refractivity (Wildman–Crippen MR) is 230 cm³/mol.